The van der Waals surface area contributed by atoms with E-state index < -0.39 is 12.6 Å². The van der Waals surface area contributed by atoms with E-state index >= 15 is 0 Å². The number of nitrogens with one attached hydrogen (secondary N) is 1. The summed E-state index contributed by atoms with van der Waals surface area (Å²) in [6.45, 7) is 4.27. The van der Waals surface area contributed by atoms with Crippen LogP contribution in [0.4, 0.5) is 19.0 Å². The number of hydrogen-bond donors (Lipinski definition) is 1. The molecule has 2 saturated heterocycles. The Morgan fingerprint density at radius 2 is 1.62 bits per heavy atom. The fourth-order valence-corrected chi connectivity index (χ4v) is 3.21. The molecule has 0 atom stereocenters. The summed E-state index contributed by atoms with van der Waals surface area (Å²) in [5.74, 6) is 0.506. The standard InChI is InChI=1S/C12H14F3N5.C5H11N/c13-12(14,15)8-11-17-16-9-4-5-10(18-20(9)11)19-6-2-1-3-7-19;1-2-4-6-5-3-1/h4-5H,1-3,6-8H2;6H,1-5H2. The van der Waals surface area contributed by atoms with Crippen molar-refractivity contribution in [2.45, 2.75) is 51.1 Å². The molecule has 144 valence electrons. The first-order valence-corrected chi connectivity index (χ1v) is 9.27. The van der Waals surface area contributed by atoms with Gasteiger partial charge < -0.3 is 10.2 Å². The number of hydrogen-bond acceptors (Lipinski definition) is 5. The normalized spacial score (nSPS) is 18.5. The first-order valence-electron chi connectivity index (χ1n) is 9.27. The Hall–Kier alpha value is -1.90. The lowest BCUT2D eigenvalue weighted by atomic mass is 10.1. The fourth-order valence-electron chi connectivity index (χ4n) is 3.21. The SMILES string of the molecule is C1CCNCC1.FC(F)(F)Cc1nnc2ccc(N3CCCCC3)nn12. The van der Waals surface area contributed by atoms with Gasteiger partial charge in [0.25, 0.3) is 0 Å². The van der Waals surface area contributed by atoms with Crippen LogP contribution in [0.1, 0.15) is 44.3 Å². The Balaban J connectivity index is 0.000000278. The van der Waals surface area contributed by atoms with Crippen LogP contribution in [0.15, 0.2) is 12.1 Å². The predicted molar refractivity (Wildman–Crippen MR) is 93.3 cm³/mol. The molecule has 2 aliphatic heterocycles. The van der Waals surface area contributed by atoms with Crippen molar-refractivity contribution >= 4 is 11.5 Å². The summed E-state index contributed by atoms with van der Waals surface area (Å²) in [4.78, 5) is 2.08. The molecular formula is C17H25F3N6. The third kappa shape index (κ3) is 5.30. The van der Waals surface area contributed by atoms with E-state index in [0.717, 1.165) is 25.9 Å². The van der Waals surface area contributed by atoms with E-state index in [4.69, 9.17) is 0 Å². The molecule has 0 aromatic carbocycles. The molecule has 4 rings (SSSR count). The number of alkyl halides is 3. The minimum Gasteiger partial charge on any atom is -0.355 e. The van der Waals surface area contributed by atoms with Gasteiger partial charge in [-0.1, -0.05) is 6.42 Å². The molecule has 4 heterocycles. The maximum atomic E-state index is 12.5. The van der Waals surface area contributed by atoms with Gasteiger partial charge in [0.1, 0.15) is 12.2 Å². The molecule has 0 aliphatic carbocycles. The highest BCUT2D eigenvalue weighted by atomic mass is 19.4. The summed E-state index contributed by atoms with van der Waals surface area (Å²) in [7, 11) is 0. The van der Waals surface area contributed by atoms with Gasteiger partial charge in [-0.05, 0) is 57.3 Å². The van der Waals surface area contributed by atoms with Gasteiger partial charge in [0.05, 0.1) is 0 Å². The molecule has 0 saturated carbocycles. The fraction of sp³-hybridized carbons (Fsp3) is 0.706. The van der Waals surface area contributed by atoms with Crippen molar-refractivity contribution in [3.8, 4) is 0 Å². The molecule has 6 nitrogen and oxygen atoms in total. The molecular weight excluding hydrogens is 345 g/mol. The highest BCUT2D eigenvalue weighted by Crippen LogP contribution is 2.22. The van der Waals surface area contributed by atoms with Gasteiger partial charge in [-0.3, -0.25) is 0 Å². The van der Waals surface area contributed by atoms with Gasteiger partial charge in [0.2, 0.25) is 0 Å². The molecule has 2 aliphatic rings. The minimum absolute atomic E-state index is 0.175. The Morgan fingerprint density at radius 3 is 2.19 bits per heavy atom. The molecule has 26 heavy (non-hydrogen) atoms. The molecule has 1 N–H and O–H groups in total. The van der Waals surface area contributed by atoms with E-state index in [2.05, 4.69) is 25.5 Å². The molecule has 2 aromatic heterocycles. The number of anilines is 1. The van der Waals surface area contributed by atoms with Crippen LogP contribution in [-0.2, 0) is 6.42 Å². The molecule has 2 fully saturated rings. The van der Waals surface area contributed by atoms with Crippen LogP contribution >= 0.6 is 0 Å². The van der Waals surface area contributed by atoms with Crippen LogP contribution in [0.2, 0.25) is 0 Å². The number of fused-ring (bicyclic) bond motifs is 1. The molecule has 0 spiro atoms. The second-order valence-electron chi connectivity index (χ2n) is 6.73. The van der Waals surface area contributed by atoms with Gasteiger partial charge in [0.15, 0.2) is 11.5 Å². The van der Waals surface area contributed by atoms with Crippen molar-refractivity contribution in [3.63, 3.8) is 0 Å². The van der Waals surface area contributed by atoms with Crippen LogP contribution in [0, 0.1) is 0 Å². The monoisotopic (exact) mass is 370 g/mol. The average Bonchev–Trinajstić information content (AvgIpc) is 3.05. The maximum absolute atomic E-state index is 12.5. The Labute approximate surface area is 150 Å². The zero-order chi connectivity index (χ0) is 18.4. The van der Waals surface area contributed by atoms with Crippen molar-refractivity contribution in [1.82, 2.24) is 25.1 Å². The summed E-state index contributed by atoms with van der Waals surface area (Å²) >= 11 is 0. The largest absolute Gasteiger partial charge is 0.396 e. The zero-order valence-electron chi connectivity index (χ0n) is 14.8. The summed E-state index contributed by atoms with van der Waals surface area (Å²) in [5, 5.41) is 14.8. The molecule has 0 radical (unpaired) electrons. The highest BCUT2D eigenvalue weighted by Gasteiger charge is 2.31. The average molecular weight is 370 g/mol. The van der Waals surface area contributed by atoms with Crippen molar-refractivity contribution in [2.75, 3.05) is 31.1 Å². The first kappa shape index (κ1) is 18.9. The molecule has 2 aromatic rings. The third-order valence-electron chi connectivity index (χ3n) is 4.56. The number of piperidine rings is 2. The Kier molecular flexibility index (Phi) is 6.29. The number of halogens is 3. The van der Waals surface area contributed by atoms with Gasteiger partial charge >= 0.3 is 6.18 Å². The topological polar surface area (TPSA) is 58.4 Å². The third-order valence-corrected chi connectivity index (χ3v) is 4.56. The van der Waals surface area contributed by atoms with Crippen molar-refractivity contribution in [1.29, 1.82) is 0 Å². The second-order valence-corrected chi connectivity index (χ2v) is 6.73. The Morgan fingerprint density at radius 1 is 0.923 bits per heavy atom. The van der Waals surface area contributed by atoms with Crippen molar-refractivity contribution in [2.24, 2.45) is 0 Å². The zero-order valence-corrected chi connectivity index (χ0v) is 14.8. The van der Waals surface area contributed by atoms with Crippen molar-refractivity contribution in [3.05, 3.63) is 18.0 Å². The van der Waals surface area contributed by atoms with Crippen LogP contribution in [-0.4, -0.2) is 52.2 Å². The summed E-state index contributed by atoms with van der Waals surface area (Å²) in [6.07, 6.45) is 2.13. The summed E-state index contributed by atoms with van der Waals surface area (Å²) < 4.78 is 38.6. The molecule has 0 unspecified atom stereocenters. The lowest BCUT2D eigenvalue weighted by molar-refractivity contribution is -0.128. The Bertz CT molecular complexity index is 678. The van der Waals surface area contributed by atoms with Crippen LogP contribution < -0.4 is 10.2 Å². The van der Waals surface area contributed by atoms with Gasteiger partial charge in [-0.25, -0.2) is 0 Å². The van der Waals surface area contributed by atoms with Crippen LogP contribution in [0.5, 0.6) is 0 Å². The summed E-state index contributed by atoms with van der Waals surface area (Å²) in [5.41, 5.74) is 0.338. The maximum Gasteiger partial charge on any atom is 0.396 e. The first-order chi connectivity index (χ1) is 12.5. The molecule has 0 amide bonds. The van der Waals surface area contributed by atoms with Gasteiger partial charge in [0, 0.05) is 13.1 Å². The smallest absolute Gasteiger partial charge is 0.355 e. The highest BCUT2D eigenvalue weighted by molar-refractivity contribution is 5.46. The summed E-state index contributed by atoms with van der Waals surface area (Å²) in [6, 6.07) is 3.44. The number of nitrogens with zero attached hydrogens (tertiary/aromatic N) is 5. The van der Waals surface area contributed by atoms with Crippen LogP contribution in [0.25, 0.3) is 5.65 Å². The lowest BCUT2D eigenvalue weighted by Crippen LogP contribution is -2.30. The molecule has 0 bridgehead atoms. The van der Waals surface area contributed by atoms with Crippen molar-refractivity contribution < 1.29 is 13.2 Å². The van der Waals surface area contributed by atoms with E-state index in [0.29, 0.717) is 11.5 Å². The van der Waals surface area contributed by atoms with Gasteiger partial charge in [-0.2, -0.15) is 17.7 Å². The number of rotatable bonds is 2. The van der Waals surface area contributed by atoms with E-state index in [1.165, 1.54) is 43.3 Å². The van der Waals surface area contributed by atoms with Crippen LogP contribution in [0.3, 0.4) is 0 Å². The van der Waals surface area contributed by atoms with E-state index in [-0.39, 0.29) is 5.82 Å². The lowest BCUT2D eigenvalue weighted by Gasteiger charge is -2.27. The molecule has 9 heteroatoms. The quantitative estimate of drug-likeness (QED) is 0.881. The van der Waals surface area contributed by atoms with E-state index in [1.54, 1.807) is 12.1 Å². The second kappa shape index (κ2) is 8.66. The minimum atomic E-state index is -4.31. The van der Waals surface area contributed by atoms with Gasteiger partial charge in [-0.15, -0.1) is 15.3 Å². The van der Waals surface area contributed by atoms with E-state index in [9.17, 15) is 13.2 Å². The van der Waals surface area contributed by atoms with E-state index in [1.807, 2.05) is 0 Å². The number of aromatic nitrogens is 4. The predicted octanol–water partition coefficient (Wildman–Crippen LogP) is 2.98.